The van der Waals surface area contributed by atoms with E-state index in [1.807, 2.05) is 6.07 Å². The first-order valence-electron chi connectivity index (χ1n) is 18.1. The minimum atomic E-state index is -0.660. The molecular formula is C39H41ClFN7O7. The quantitative estimate of drug-likeness (QED) is 0.137. The first kappa shape index (κ1) is 38.9. The third-order valence-electron chi connectivity index (χ3n) is 9.62. The van der Waals surface area contributed by atoms with Crippen LogP contribution < -0.4 is 25.8 Å². The zero-order valence-corrected chi connectivity index (χ0v) is 30.8. The van der Waals surface area contributed by atoms with E-state index in [0.29, 0.717) is 34.3 Å². The van der Waals surface area contributed by atoms with Crippen LogP contribution in [0.5, 0.6) is 5.75 Å². The summed E-state index contributed by atoms with van der Waals surface area (Å²) >= 11 is 5.73. The summed E-state index contributed by atoms with van der Waals surface area (Å²) in [7, 11) is 0. The zero-order chi connectivity index (χ0) is 38.9. The summed E-state index contributed by atoms with van der Waals surface area (Å²) in [6.07, 6.45) is 1.79. The largest absolute Gasteiger partial charge is 0.484 e. The molecule has 0 aliphatic carbocycles. The predicted octanol–water partition coefficient (Wildman–Crippen LogP) is 2.55. The van der Waals surface area contributed by atoms with Gasteiger partial charge in [-0.05, 0) is 60.4 Å². The van der Waals surface area contributed by atoms with E-state index < -0.39 is 11.7 Å². The van der Waals surface area contributed by atoms with Gasteiger partial charge in [0.05, 0.1) is 16.6 Å². The van der Waals surface area contributed by atoms with Gasteiger partial charge in [0.1, 0.15) is 17.4 Å². The van der Waals surface area contributed by atoms with E-state index in [0.717, 1.165) is 24.1 Å². The second-order valence-electron chi connectivity index (χ2n) is 13.3. The second kappa shape index (κ2) is 18.0. The Labute approximate surface area is 320 Å². The molecule has 0 spiro atoms. The number of rotatable bonds is 13. The number of H-pyrrole nitrogens is 1. The standard InChI is InChI=1S/C39H41ClFN7O7/c40-23-37(52)48-15-3-4-26-22-27(8-10-33(26)48)55-24-35(50)43-14-13-42-34(49)11-12-36(51)46-16-18-47(19-17-46)39(54)30-20-25(7-9-31(30)41)21-32-28-5-1-2-6-29(28)38(53)45-44-32/h1-2,5-10,20,22H,3-4,11-19,21,23-24H2,(H,42,49)(H,43,50)(H,45,53). The zero-order valence-electron chi connectivity index (χ0n) is 30.1. The number of hydrogen-bond acceptors (Lipinski definition) is 8. The molecule has 5 amide bonds. The lowest BCUT2D eigenvalue weighted by atomic mass is 10.0. The highest BCUT2D eigenvalue weighted by Gasteiger charge is 2.27. The number of hydrogen-bond donors (Lipinski definition) is 3. The number of carbonyl (C=O) groups excluding carboxylic acids is 5. The molecule has 1 saturated heterocycles. The predicted molar refractivity (Wildman–Crippen MR) is 203 cm³/mol. The van der Waals surface area contributed by atoms with Gasteiger partial charge in [-0.2, -0.15) is 5.10 Å². The second-order valence-corrected chi connectivity index (χ2v) is 13.5. The highest BCUT2D eigenvalue weighted by molar-refractivity contribution is 6.29. The Hall–Kier alpha value is -5.83. The molecule has 2 aliphatic rings. The van der Waals surface area contributed by atoms with Gasteiger partial charge in [0.15, 0.2) is 6.61 Å². The summed E-state index contributed by atoms with van der Waals surface area (Å²) in [5, 5.41) is 13.2. The van der Waals surface area contributed by atoms with Gasteiger partial charge in [-0.3, -0.25) is 28.8 Å². The number of aromatic amines is 1. The molecule has 0 bridgehead atoms. The number of piperazine rings is 1. The summed E-state index contributed by atoms with van der Waals surface area (Å²) in [5.41, 5.74) is 2.59. The Morgan fingerprint density at radius 3 is 2.33 bits per heavy atom. The first-order chi connectivity index (χ1) is 26.6. The van der Waals surface area contributed by atoms with Gasteiger partial charge in [0.25, 0.3) is 17.4 Å². The van der Waals surface area contributed by atoms with Crippen LogP contribution >= 0.6 is 11.6 Å². The molecule has 0 unspecified atom stereocenters. The lowest BCUT2D eigenvalue weighted by Crippen LogP contribution is -2.50. The van der Waals surface area contributed by atoms with E-state index in [9.17, 15) is 33.2 Å². The van der Waals surface area contributed by atoms with Gasteiger partial charge in [-0.25, -0.2) is 9.49 Å². The topological polar surface area (TPSA) is 174 Å². The third-order valence-corrected chi connectivity index (χ3v) is 9.85. The Bertz CT molecular complexity index is 2150. The fourth-order valence-electron chi connectivity index (χ4n) is 6.74. The molecule has 4 aromatic rings. The number of anilines is 1. The van der Waals surface area contributed by atoms with E-state index in [2.05, 4.69) is 20.8 Å². The van der Waals surface area contributed by atoms with Crippen LogP contribution in [-0.4, -0.2) is 108 Å². The van der Waals surface area contributed by atoms with Crippen molar-refractivity contribution >= 4 is 57.6 Å². The monoisotopic (exact) mass is 773 g/mol. The molecule has 55 heavy (non-hydrogen) atoms. The third kappa shape index (κ3) is 9.65. The molecule has 2 aliphatic heterocycles. The Kier molecular flexibility index (Phi) is 12.7. The molecule has 288 valence electrons. The fraction of sp³-hybridized carbons (Fsp3) is 0.359. The van der Waals surface area contributed by atoms with Crippen molar-refractivity contribution in [2.24, 2.45) is 0 Å². The number of fused-ring (bicyclic) bond motifs is 2. The van der Waals surface area contributed by atoms with Gasteiger partial charge in [0.2, 0.25) is 17.7 Å². The maximum atomic E-state index is 14.9. The number of aryl methyl sites for hydroxylation is 1. The van der Waals surface area contributed by atoms with Crippen molar-refractivity contribution in [2.75, 3.05) is 63.2 Å². The maximum absolute atomic E-state index is 14.9. The van der Waals surface area contributed by atoms with Crippen LogP contribution in [0.4, 0.5) is 10.1 Å². The summed E-state index contributed by atoms with van der Waals surface area (Å²) < 4.78 is 20.5. The fourth-order valence-corrected chi connectivity index (χ4v) is 6.88. The molecule has 1 aromatic heterocycles. The molecule has 0 atom stereocenters. The molecular weight excluding hydrogens is 733 g/mol. The van der Waals surface area contributed by atoms with Crippen molar-refractivity contribution in [1.82, 2.24) is 30.6 Å². The molecule has 16 heteroatoms. The van der Waals surface area contributed by atoms with Crippen LogP contribution in [-0.2, 0) is 32.0 Å². The van der Waals surface area contributed by atoms with Gasteiger partial charge >= 0.3 is 0 Å². The van der Waals surface area contributed by atoms with Crippen LogP contribution in [0.15, 0.2) is 65.5 Å². The number of aromatic nitrogens is 2. The average molecular weight is 774 g/mol. The van der Waals surface area contributed by atoms with Crippen molar-refractivity contribution < 1.29 is 33.1 Å². The van der Waals surface area contributed by atoms with E-state index >= 15 is 0 Å². The number of carbonyl (C=O) groups is 5. The Balaban J connectivity index is 0.882. The van der Waals surface area contributed by atoms with Crippen molar-refractivity contribution in [3.05, 3.63) is 99.2 Å². The van der Waals surface area contributed by atoms with Crippen LogP contribution in [0.25, 0.3) is 10.8 Å². The smallest absolute Gasteiger partial charge is 0.272 e. The molecule has 3 N–H and O–H groups in total. The number of amides is 5. The van der Waals surface area contributed by atoms with Crippen LogP contribution in [0, 0.1) is 5.82 Å². The van der Waals surface area contributed by atoms with Crippen LogP contribution in [0.1, 0.15) is 46.4 Å². The van der Waals surface area contributed by atoms with Crippen LogP contribution in [0.3, 0.4) is 0 Å². The SMILES string of the molecule is O=C(CCC(=O)N1CCN(C(=O)c2cc(Cc3n[nH]c(=O)c4ccccc34)ccc2F)CC1)NCCNC(=O)COc1ccc2c(c1)CCCN2C(=O)CCl. The molecule has 3 aromatic carbocycles. The van der Waals surface area contributed by atoms with Gasteiger partial charge in [0, 0.05) is 76.1 Å². The molecule has 1 fully saturated rings. The van der Waals surface area contributed by atoms with Crippen LogP contribution in [0.2, 0.25) is 0 Å². The van der Waals surface area contributed by atoms with Crippen molar-refractivity contribution in [1.29, 1.82) is 0 Å². The summed E-state index contributed by atoms with van der Waals surface area (Å²) in [6, 6.07) is 16.7. The van der Waals surface area contributed by atoms with E-state index in [4.69, 9.17) is 16.3 Å². The van der Waals surface area contributed by atoms with Gasteiger partial charge < -0.3 is 30.1 Å². The van der Waals surface area contributed by atoms with Crippen molar-refractivity contribution in [3.63, 3.8) is 0 Å². The highest BCUT2D eigenvalue weighted by Crippen LogP contribution is 2.31. The minimum Gasteiger partial charge on any atom is -0.484 e. The van der Waals surface area contributed by atoms with Crippen molar-refractivity contribution in [3.8, 4) is 5.75 Å². The molecule has 6 rings (SSSR count). The highest BCUT2D eigenvalue weighted by atomic mass is 35.5. The number of nitrogens with zero attached hydrogens (tertiary/aromatic N) is 4. The number of alkyl halides is 1. The van der Waals surface area contributed by atoms with Gasteiger partial charge in [-0.15, -0.1) is 11.6 Å². The summed E-state index contributed by atoms with van der Waals surface area (Å²) in [4.78, 5) is 79.9. The Morgan fingerprint density at radius 1 is 0.836 bits per heavy atom. The summed E-state index contributed by atoms with van der Waals surface area (Å²) in [5.74, 6) is -1.85. The van der Waals surface area contributed by atoms with E-state index in [-0.39, 0.29) is 106 Å². The number of halogens is 2. The summed E-state index contributed by atoms with van der Waals surface area (Å²) in [6.45, 7) is 1.61. The van der Waals surface area contributed by atoms with Gasteiger partial charge in [-0.1, -0.05) is 24.3 Å². The maximum Gasteiger partial charge on any atom is 0.272 e. The molecule has 0 radical (unpaired) electrons. The number of ether oxygens (including phenoxy) is 1. The van der Waals surface area contributed by atoms with E-state index in [1.165, 1.54) is 17.0 Å². The number of nitrogens with one attached hydrogen (secondary N) is 3. The molecule has 3 heterocycles. The average Bonchev–Trinajstić information content (AvgIpc) is 3.21. The van der Waals surface area contributed by atoms with Crippen molar-refractivity contribution in [2.45, 2.75) is 32.1 Å². The lowest BCUT2D eigenvalue weighted by Gasteiger charge is -2.35. The number of benzene rings is 3. The molecule has 0 saturated carbocycles. The minimum absolute atomic E-state index is 0.0251. The lowest BCUT2D eigenvalue weighted by molar-refractivity contribution is -0.134. The Morgan fingerprint density at radius 2 is 1.56 bits per heavy atom. The van der Waals surface area contributed by atoms with E-state index in [1.54, 1.807) is 52.3 Å². The first-order valence-corrected chi connectivity index (χ1v) is 18.6. The normalized spacial score (nSPS) is 14.0. The molecule has 14 nitrogen and oxygen atoms in total.